The summed E-state index contributed by atoms with van der Waals surface area (Å²) in [7, 11) is 2.03. The summed E-state index contributed by atoms with van der Waals surface area (Å²) in [6.07, 6.45) is 9.38. The Morgan fingerprint density at radius 3 is 2.32 bits per heavy atom. The SMILES string of the molecule is CNC(c1cccc(Cl)c1Cl)C1CCCCCCC1. The van der Waals surface area contributed by atoms with E-state index in [0.717, 1.165) is 5.56 Å². The summed E-state index contributed by atoms with van der Waals surface area (Å²) < 4.78 is 0. The van der Waals surface area contributed by atoms with Crippen molar-refractivity contribution in [2.75, 3.05) is 7.05 Å². The zero-order chi connectivity index (χ0) is 13.7. The van der Waals surface area contributed by atoms with Crippen LogP contribution in [0.25, 0.3) is 0 Å². The van der Waals surface area contributed by atoms with Crippen LogP contribution in [0, 0.1) is 5.92 Å². The van der Waals surface area contributed by atoms with E-state index in [-0.39, 0.29) is 0 Å². The molecule has 0 spiro atoms. The minimum absolute atomic E-state index is 0.323. The van der Waals surface area contributed by atoms with Gasteiger partial charge in [0.2, 0.25) is 0 Å². The Morgan fingerprint density at radius 1 is 1.05 bits per heavy atom. The Hall–Kier alpha value is -0.240. The van der Waals surface area contributed by atoms with Crippen LogP contribution in [-0.4, -0.2) is 7.05 Å². The maximum absolute atomic E-state index is 6.39. The molecule has 0 bridgehead atoms. The fourth-order valence-electron chi connectivity index (χ4n) is 3.23. The molecule has 1 unspecified atom stereocenters. The van der Waals surface area contributed by atoms with E-state index in [9.17, 15) is 0 Å². The molecule has 1 N–H and O–H groups in total. The van der Waals surface area contributed by atoms with Crippen molar-refractivity contribution in [3.63, 3.8) is 0 Å². The van der Waals surface area contributed by atoms with Gasteiger partial charge in [-0.2, -0.15) is 0 Å². The van der Waals surface area contributed by atoms with E-state index in [2.05, 4.69) is 11.4 Å². The molecule has 0 heterocycles. The van der Waals surface area contributed by atoms with Crippen LogP contribution in [-0.2, 0) is 0 Å². The quantitative estimate of drug-likeness (QED) is 0.764. The maximum Gasteiger partial charge on any atom is 0.0640 e. The molecular formula is C16H23Cl2N. The first-order valence-electron chi connectivity index (χ1n) is 7.35. The number of rotatable bonds is 3. The highest BCUT2D eigenvalue weighted by Crippen LogP contribution is 2.37. The van der Waals surface area contributed by atoms with Gasteiger partial charge in [0.15, 0.2) is 0 Å². The van der Waals surface area contributed by atoms with Gasteiger partial charge < -0.3 is 5.32 Å². The van der Waals surface area contributed by atoms with Gasteiger partial charge in [-0.1, -0.05) is 67.4 Å². The zero-order valence-electron chi connectivity index (χ0n) is 11.6. The molecule has 1 aromatic rings. The molecule has 1 atom stereocenters. The van der Waals surface area contributed by atoms with Gasteiger partial charge in [0.1, 0.15) is 0 Å². The first-order valence-corrected chi connectivity index (χ1v) is 8.11. The molecule has 0 radical (unpaired) electrons. The fraction of sp³-hybridized carbons (Fsp3) is 0.625. The predicted molar refractivity (Wildman–Crippen MR) is 84.1 cm³/mol. The lowest BCUT2D eigenvalue weighted by Gasteiger charge is -2.29. The van der Waals surface area contributed by atoms with Gasteiger partial charge in [0.05, 0.1) is 10.0 Å². The van der Waals surface area contributed by atoms with Crippen LogP contribution < -0.4 is 5.32 Å². The second-order valence-corrected chi connectivity index (χ2v) is 6.30. The van der Waals surface area contributed by atoms with Gasteiger partial charge in [0, 0.05) is 6.04 Å². The number of benzene rings is 1. The Morgan fingerprint density at radius 2 is 1.68 bits per heavy atom. The molecule has 0 aromatic heterocycles. The van der Waals surface area contributed by atoms with E-state index in [1.165, 1.54) is 44.9 Å². The van der Waals surface area contributed by atoms with Crippen molar-refractivity contribution in [2.45, 2.75) is 51.0 Å². The van der Waals surface area contributed by atoms with Crippen LogP contribution in [0.1, 0.15) is 56.6 Å². The summed E-state index contributed by atoms with van der Waals surface area (Å²) in [6, 6.07) is 6.28. The van der Waals surface area contributed by atoms with Crippen molar-refractivity contribution in [2.24, 2.45) is 5.92 Å². The van der Waals surface area contributed by atoms with Gasteiger partial charge in [-0.3, -0.25) is 0 Å². The monoisotopic (exact) mass is 299 g/mol. The van der Waals surface area contributed by atoms with E-state index in [0.29, 0.717) is 22.0 Å². The number of hydrogen-bond acceptors (Lipinski definition) is 1. The average molecular weight is 300 g/mol. The summed E-state index contributed by atoms with van der Waals surface area (Å²) in [5, 5.41) is 4.83. The highest BCUT2D eigenvalue weighted by Gasteiger charge is 2.24. The normalized spacial score (nSPS) is 19.7. The third kappa shape index (κ3) is 3.87. The second-order valence-electron chi connectivity index (χ2n) is 5.51. The van der Waals surface area contributed by atoms with Crippen LogP contribution in [0.15, 0.2) is 18.2 Å². The van der Waals surface area contributed by atoms with E-state index < -0.39 is 0 Å². The van der Waals surface area contributed by atoms with Crippen molar-refractivity contribution in [3.8, 4) is 0 Å². The summed E-state index contributed by atoms with van der Waals surface area (Å²) >= 11 is 12.5. The van der Waals surface area contributed by atoms with E-state index >= 15 is 0 Å². The average Bonchev–Trinajstić information content (AvgIpc) is 2.37. The van der Waals surface area contributed by atoms with E-state index in [1.807, 2.05) is 19.2 Å². The highest BCUT2D eigenvalue weighted by atomic mass is 35.5. The van der Waals surface area contributed by atoms with Gasteiger partial charge in [-0.15, -0.1) is 0 Å². The van der Waals surface area contributed by atoms with Crippen LogP contribution in [0.4, 0.5) is 0 Å². The maximum atomic E-state index is 6.39. The molecule has 19 heavy (non-hydrogen) atoms. The molecule has 106 valence electrons. The molecule has 1 aromatic carbocycles. The summed E-state index contributed by atoms with van der Waals surface area (Å²) in [5.74, 6) is 0.668. The Labute approximate surface area is 126 Å². The van der Waals surface area contributed by atoms with Crippen molar-refractivity contribution in [1.29, 1.82) is 0 Å². The van der Waals surface area contributed by atoms with Gasteiger partial charge in [0.25, 0.3) is 0 Å². The molecule has 1 saturated carbocycles. The van der Waals surface area contributed by atoms with Crippen molar-refractivity contribution in [3.05, 3.63) is 33.8 Å². The summed E-state index contributed by atoms with van der Waals surface area (Å²) in [4.78, 5) is 0. The van der Waals surface area contributed by atoms with Gasteiger partial charge >= 0.3 is 0 Å². The van der Waals surface area contributed by atoms with Crippen molar-refractivity contribution in [1.82, 2.24) is 5.32 Å². The lowest BCUT2D eigenvalue weighted by Crippen LogP contribution is -2.26. The lowest BCUT2D eigenvalue weighted by atomic mass is 9.83. The Balaban J connectivity index is 2.19. The number of hydrogen-bond donors (Lipinski definition) is 1. The lowest BCUT2D eigenvalue weighted by molar-refractivity contribution is 0.299. The minimum Gasteiger partial charge on any atom is -0.313 e. The highest BCUT2D eigenvalue weighted by molar-refractivity contribution is 6.42. The first-order chi connectivity index (χ1) is 9.24. The van der Waals surface area contributed by atoms with Crippen molar-refractivity contribution >= 4 is 23.2 Å². The van der Waals surface area contributed by atoms with Crippen LogP contribution in [0.5, 0.6) is 0 Å². The third-order valence-corrected chi connectivity index (χ3v) is 5.08. The molecule has 1 nitrogen and oxygen atoms in total. The molecule has 0 aliphatic heterocycles. The Bertz CT molecular complexity index is 398. The largest absolute Gasteiger partial charge is 0.313 e. The molecule has 3 heteroatoms. The van der Waals surface area contributed by atoms with Gasteiger partial charge in [-0.05, 0) is 37.4 Å². The summed E-state index contributed by atoms with van der Waals surface area (Å²) in [6.45, 7) is 0. The minimum atomic E-state index is 0.323. The zero-order valence-corrected chi connectivity index (χ0v) is 13.1. The smallest absolute Gasteiger partial charge is 0.0640 e. The molecule has 0 amide bonds. The van der Waals surface area contributed by atoms with Gasteiger partial charge in [-0.25, -0.2) is 0 Å². The van der Waals surface area contributed by atoms with E-state index in [4.69, 9.17) is 23.2 Å². The molecule has 1 aliphatic rings. The molecular weight excluding hydrogens is 277 g/mol. The number of halogens is 2. The van der Waals surface area contributed by atoms with Crippen LogP contribution in [0.2, 0.25) is 10.0 Å². The standard InChI is InChI=1S/C16H23Cl2N/c1-19-16(12-8-5-3-2-4-6-9-12)13-10-7-11-14(17)15(13)18/h7,10-12,16,19H,2-6,8-9H2,1H3. The first kappa shape index (κ1) is 15.2. The molecule has 0 saturated heterocycles. The third-order valence-electron chi connectivity index (χ3n) is 4.25. The van der Waals surface area contributed by atoms with Crippen LogP contribution in [0.3, 0.4) is 0 Å². The topological polar surface area (TPSA) is 12.0 Å². The second kappa shape index (κ2) is 7.52. The summed E-state index contributed by atoms with van der Waals surface area (Å²) in [5.41, 5.74) is 1.15. The Kier molecular flexibility index (Phi) is 6.00. The number of nitrogens with one attached hydrogen (secondary N) is 1. The molecule has 1 fully saturated rings. The molecule has 1 aliphatic carbocycles. The fourth-order valence-corrected chi connectivity index (χ4v) is 3.65. The van der Waals surface area contributed by atoms with Crippen LogP contribution >= 0.6 is 23.2 Å². The van der Waals surface area contributed by atoms with E-state index in [1.54, 1.807) is 0 Å². The molecule has 2 rings (SSSR count). The predicted octanol–water partition coefficient (Wildman–Crippen LogP) is 5.61. The van der Waals surface area contributed by atoms with Crippen molar-refractivity contribution < 1.29 is 0 Å².